The molecule has 8 heteroatoms. The average Bonchev–Trinajstić information content (AvgIpc) is 2.46. The third-order valence-electron chi connectivity index (χ3n) is 2.44. The molecular weight excluding hydrogens is 316 g/mol. The summed E-state index contributed by atoms with van der Waals surface area (Å²) in [7, 11) is 1.22. The first-order valence-corrected chi connectivity index (χ1v) is 6.88. The predicted molar refractivity (Wildman–Crippen MR) is 77.8 cm³/mol. The largest absolute Gasteiger partial charge is 0.464 e. The smallest absolute Gasteiger partial charge is 0.356 e. The fraction of sp³-hybridized carbons (Fsp3) is 0.0769. The van der Waals surface area contributed by atoms with Crippen LogP contribution in [0, 0.1) is 10.1 Å². The summed E-state index contributed by atoms with van der Waals surface area (Å²) in [6.07, 6.45) is 0. The number of methoxy groups -OCH3 is 1. The highest BCUT2D eigenvalue weighted by atomic mass is 35.5. The molecule has 1 aromatic carbocycles. The maximum Gasteiger partial charge on any atom is 0.356 e. The molecule has 0 aliphatic carbocycles. The molecule has 0 bridgehead atoms. The molecule has 21 heavy (non-hydrogen) atoms. The Bertz CT molecular complexity index is 708. The van der Waals surface area contributed by atoms with Gasteiger partial charge in [-0.3, -0.25) is 10.1 Å². The van der Waals surface area contributed by atoms with Crippen molar-refractivity contribution in [2.75, 3.05) is 7.11 Å². The van der Waals surface area contributed by atoms with Gasteiger partial charge in [-0.25, -0.2) is 9.78 Å². The third-order valence-corrected chi connectivity index (χ3v) is 3.66. The van der Waals surface area contributed by atoms with Crippen LogP contribution in [0.4, 0.5) is 5.69 Å². The molecule has 0 aliphatic heterocycles. The number of hydrogen-bond donors (Lipinski definition) is 0. The molecule has 0 unspecified atom stereocenters. The van der Waals surface area contributed by atoms with Gasteiger partial charge >= 0.3 is 11.7 Å². The second-order valence-corrected chi connectivity index (χ2v) is 5.33. The van der Waals surface area contributed by atoms with E-state index in [4.69, 9.17) is 11.6 Å². The van der Waals surface area contributed by atoms with Gasteiger partial charge in [-0.2, -0.15) is 0 Å². The van der Waals surface area contributed by atoms with Crippen LogP contribution in [0.1, 0.15) is 10.5 Å². The summed E-state index contributed by atoms with van der Waals surface area (Å²) in [4.78, 5) is 26.6. The first-order chi connectivity index (χ1) is 10.0. The zero-order valence-corrected chi connectivity index (χ0v) is 12.4. The Kier molecular flexibility index (Phi) is 4.77. The van der Waals surface area contributed by atoms with Gasteiger partial charge in [0.15, 0.2) is 5.03 Å². The lowest BCUT2D eigenvalue weighted by Gasteiger charge is -2.05. The summed E-state index contributed by atoms with van der Waals surface area (Å²) in [6, 6.07) is 9.30. The number of ether oxygens (including phenoxy) is 1. The number of pyridine rings is 1. The van der Waals surface area contributed by atoms with Gasteiger partial charge in [0, 0.05) is 16.0 Å². The molecular formula is C13H9ClN2O4S. The normalized spacial score (nSPS) is 10.2. The first kappa shape index (κ1) is 15.3. The van der Waals surface area contributed by atoms with Crippen LogP contribution in [-0.4, -0.2) is 23.0 Å². The van der Waals surface area contributed by atoms with E-state index < -0.39 is 10.9 Å². The second kappa shape index (κ2) is 6.55. The van der Waals surface area contributed by atoms with Crippen molar-refractivity contribution in [1.29, 1.82) is 0 Å². The van der Waals surface area contributed by atoms with Crippen LogP contribution >= 0.6 is 23.4 Å². The molecule has 0 atom stereocenters. The highest BCUT2D eigenvalue weighted by molar-refractivity contribution is 7.99. The van der Waals surface area contributed by atoms with Crippen molar-refractivity contribution >= 4 is 35.0 Å². The van der Waals surface area contributed by atoms with E-state index in [0.717, 1.165) is 11.8 Å². The van der Waals surface area contributed by atoms with Gasteiger partial charge in [0.05, 0.1) is 12.0 Å². The van der Waals surface area contributed by atoms with Crippen LogP contribution < -0.4 is 0 Å². The van der Waals surface area contributed by atoms with Gasteiger partial charge in [-0.15, -0.1) is 0 Å². The first-order valence-electron chi connectivity index (χ1n) is 5.68. The van der Waals surface area contributed by atoms with Gasteiger partial charge in [-0.05, 0) is 24.3 Å². The maximum atomic E-state index is 11.5. The molecule has 6 nitrogen and oxygen atoms in total. The Hall–Kier alpha value is -2.12. The maximum absolute atomic E-state index is 11.5. The molecule has 0 spiro atoms. The Morgan fingerprint density at radius 3 is 2.76 bits per heavy atom. The van der Waals surface area contributed by atoms with E-state index in [0.29, 0.717) is 9.92 Å². The van der Waals surface area contributed by atoms with Crippen molar-refractivity contribution < 1.29 is 14.5 Å². The summed E-state index contributed by atoms with van der Waals surface area (Å²) in [5.74, 6) is -0.655. The number of carbonyl (C=O) groups is 1. The van der Waals surface area contributed by atoms with Crippen LogP contribution in [0.15, 0.2) is 46.3 Å². The number of esters is 1. The highest BCUT2D eigenvalue weighted by Crippen LogP contribution is 2.34. The lowest BCUT2D eigenvalue weighted by Crippen LogP contribution is -2.06. The van der Waals surface area contributed by atoms with Gasteiger partial charge in [0.2, 0.25) is 0 Å². The topological polar surface area (TPSA) is 82.3 Å². The molecule has 0 aliphatic rings. The molecule has 0 fully saturated rings. The molecule has 0 saturated carbocycles. The van der Waals surface area contributed by atoms with E-state index in [1.165, 1.54) is 19.2 Å². The molecule has 1 heterocycles. The summed E-state index contributed by atoms with van der Waals surface area (Å²) in [6.45, 7) is 0. The van der Waals surface area contributed by atoms with Gasteiger partial charge in [0.25, 0.3) is 0 Å². The van der Waals surface area contributed by atoms with Gasteiger partial charge in [-0.1, -0.05) is 29.4 Å². The monoisotopic (exact) mass is 324 g/mol. The highest BCUT2D eigenvalue weighted by Gasteiger charge is 2.20. The summed E-state index contributed by atoms with van der Waals surface area (Å²) < 4.78 is 4.56. The van der Waals surface area contributed by atoms with Gasteiger partial charge < -0.3 is 4.74 Å². The minimum absolute atomic E-state index is 0.00706. The zero-order chi connectivity index (χ0) is 15.4. The second-order valence-electron chi connectivity index (χ2n) is 3.83. The molecule has 2 aromatic rings. The number of hydrogen-bond acceptors (Lipinski definition) is 6. The lowest BCUT2D eigenvalue weighted by molar-refractivity contribution is -0.388. The standard InChI is InChI=1S/C13H9ClN2O4S/c1-20-13(17)10-5-6-11(16(18)19)12(15-10)21-9-4-2-3-8(14)7-9/h2-7H,1H3. The minimum Gasteiger partial charge on any atom is -0.464 e. The number of halogens is 1. The number of rotatable bonds is 4. The SMILES string of the molecule is COC(=O)c1ccc([N+](=O)[O-])c(Sc2cccc(Cl)c2)n1. The van der Waals surface area contributed by atoms with Crippen molar-refractivity contribution in [2.24, 2.45) is 0 Å². The summed E-state index contributed by atoms with van der Waals surface area (Å²) in [5.41, 5.74) is -0.180. The molecule has 0 N–H and O–H groups in total. The molecule has 0 saturated heterocycles. The van der Waals surface area contributed by atoms with Crippen molar-refractivity contribution in [2.45, 2.75) is 9.92 Å². The third kappa shape index (κ3) is 3.71. The minimum atomic E-state index is -0.655. The number of benzene rings is 1. The number of carbonyl (C=O) groups excluding carboxylic acids is 1. The van der Waals surface area contributed by atoms with E-state index in [1.54, 1.807) is 24.3 Å². The summed E-state index contributed by atoms with van der Waals surface area (Å²) >= 11 is 6.93. The fourth-order valence-electron chi connectivity index (χ4n) is 1.51. The lowest BCUT2D eigenvalue weighted by atomic mass is 10.3. The van der Waals surface area contributed by atoms with Crippen molar-refractivity contribution in [3.8, 4) is 0 Å². The number of nitro groups is 1. The Morgan fingerprint density at radius 2 is 2.14 bits per heavy atom. The quantitative estimate of drug-likeness (QED) is 0.485. The predicted octanol–water partition coefficient (Wildman–Crippen LogP) is 3.58. The molecule has 1 aromatic heterocycles. The Labute approximate surface area is 129 Å². The molecule has 2 rings (SSSR count). The zero-order valence-electron chi connectivity index (χ0n) is 10.8. The Balaban J connectivity index is 2.43. The van der Waals surface area contributed by atoms with E-state index in [2.05, 4.69) is 9.72 Å². The van der Waals surface area contributed by atoms with E-state index in [-0.39, 0.29) is 16.4 Å². The van der Waals surface area contributed by atoms with E-state index >= 15 is 0 Å². The number of aromatic nitrogens is 1. The van der Waals surface area contributed by atoms with Crippen LogP contribution in [0.25, 0.3) is 0 Å². The van der Waals surface area contributed by atoms with Crippen molar-refractivity contribution in [3.63, 3.8) is 0 Å². The van der Waals surface area contributed by atoms with Crippen LogP contribution in [0.5, 0.6) is 0 Å². The van der Waals surface area contributed by atoms with E-state index in [1.807, 2.05) is 0 Å². The molecule has 0 amide bonds. The summed E-state index contributed by atoms with van der Waals surface area (Å²) in [5, 5.41) is 11.6. The van der Waals surface area contributed by atoms with E-state index in [9.17, 15) is 14.9 Å². The van der Waals surface area contributed by atoms with Crippen LogP contribution in [0.3, 0.4) is 0 Å². The average molecular weight is 325 g/mol. The molecule has 108 valence electrons. The Morgan fingerprint density at radius 1 is 1.38 bits per heavy atom. The van der Waals surface area contributed by atoms with Crippen LogP contribution in [-0.2, 0) is 4.74 Å². The number of nitrogens with zero attached hydrogens (tertiary/aromatic N) is 2. The molecule has 0 radical (unpaired) electrons. The van der Waals surface area contributed by atoms with Crippen LogP contribution in [0.2, 0.25) is 5.02 Å². The fourth-order valence-corrected chi connectivity index (χ4v) is 2.71. The van der Waals surface area contributed by atoms with Crippen molar-refractivity contribution in [3.05, 3.63) is 57.2 Å². The van der Waals surface area contributed by atoms with Gasteiger partial charge in [0.1, 0.15) is 5.69 Å². The van der Waals surface area contributed by atoms with Crippen molar-refractivity contribution in [1.82, 2.24) is 4.98 Å².